The summed E-state index contributed by atoms with van der Waals surface area (Å²) in [6.07, 6.45) is 1.41. The number of para-hydroxylation sites is 2. The molecule has 0 saturated heterocycles. The second-order valence-electron chi connectivity index (χ2n) is 6.59. The minimum atomic E-state index is -0.479. The van der Waals surface area contributed by atoms with Crippen molar-refractivity contribution in [3.63, 3.8) is 0 Å². The average Bonchev–Trinajstić information content (AvgIpc) is 2.80. The average molecular weight is 444 g/mol. The monoisotopic (exact) mass is 444 g/mol. The van der Waals surface area contributed by atoms with E-state index in [1.807, 2.05) is 36.4 Å². The zero-order valence-corrected chi connectivity index (χ0v) is 17.3. The zero-order chi connectivity index (χ0) is 22.5. The maximum atomic E-state index is 13.1. The van der Waals surface area contributed by atoms with Crippen LogP contribution in [0, 0.1) is 10.1 Å². The zero-order valence-electron chi connectivity index (χ0n) is 16.5. The maximum absolute atomic E-state index is 13.1. The van der Waals surface area contributed by atoms with Crippen molar-refractivity contribution >= 4 is 45.8 Å². The fourth-order valence-corrected chi connectivity index (χ4v) is 3.21. The standard InChI is InChI=1S/C22H16N6O3S/c29-21-18-8-4-5-9-19(18)25-20(27(21)16-6-2-1-3-7-16)14-23-26-22(32)24-15-10-12-17(13-11-15)28(30)31/h1-14H,(H2,24,26,32)/b23-14+. The Balaban J connectivity index is 1.58. The predicted molar refractivity (Wildman–Crippen MR) is 127 cm³/mol. The lowest BCUT2D eigenvalue weighted by Gasteiger charge is -2.11. The predicted octanol–water partition coefficient (Wildman–Crippen LogP) is 3.61. The molecule has 0 amide bonds. The summed E-state index contributed by atoms with van der Waals surface area (Å²) in [5, 5.41) is 18.4. The van der Waals surface area contributed by atoms with E-state index in [0.29, 0.717) is 28.1 Å². The van der Waals surface area contributed by atoms with Crippen molar-refractivity contribution in [2.75, 3.05) is 5.32 Å². The number of anilines is 1. The molecule has 0 aliphatic rings. The number of nitrogens with one attached hydrogen (secondary N) is 2. The van der Waals surface area contributed by atoms with Crippen LogP contribution in [0.4, 0.5) is 11.4 Å². The van der Waals surface area contributed by atoms with Gasteiger partial charge in [-0.25, -0.2) is 4.98 Å². The Morgan fingerprint density at radius 1 is 1.03 bits per heavy atom. The van der Waals surface area contributed by atoms with Gasteiger partial charge in [-0.2, -0.15) is 5.10 Å². The molecule has 0 spiro atoms. The van der Waals surface area contributed by atoms with Gasteiger partial charge in [0.25, 0.3) is 11.2 Å². The topological polar surface area (TPSA) is 114 Å². The molecular formula is C22H16N6O3S. The van der Waals surface area contributed by atoms with Crippen molar-refractivity contribution in [1.82, 2.24) is 15.0 Å². The number of hydrogen-bond donors (Lipinski definition) is 2. The van der Waals surface area contributed by atoms with Gasteiger partial charge in [0.1, 0.15) is 0 Å². The highest BCUT2D eigenvalue weighted by atomic mass is 32.1. The molecular weight excluding hydrogens is 428 g/mol. The van der Waals surface area contributed by atoms with E-state index in [-0.39, 0.29) is 16.4 Å². The van der Waals surface area contributed by atoms with Crippen LogP contribution in [-0.2, 0) is 0 Å². The Bertz CT molecular complexity index is 1380. The summed E-state index contributed by atoms with van der Waals surface area (Å²) in [4.78, 5) is 27.9. The van der Waals surface area contributed by atoms with E-state index in [0.717, 1.165) is 0 Å². The van der Waals surface area contributed by atoms with Crippen LogP contribution in [0.1, 0.15) is 5.82 Å². The lowest BCUT2D eigenvalue weighted by molar-refractivity contribution is -0.384. The molecule has 0 aliphatic heterocycles. The molecule has 9 nitrogen and oxygen atoms in total. The molecule has 0 radical (unpaired) electrons. The van der Waals surface area contributed by atoms with E-state index in [1.165, 1.54) is 35.0 Å². The van der Waals surface area contributed by atoms with Crippen molar-refractivity contribution in [2.24, 2.45) is 5.10 Å². The summed E-state index contributed by atoms with van der Waals surface area (Å²) < 4.78 is 1.47. The third-order valence-electron chi connectivity index (χ3n) is 4.50. The summed E-state index contributed by atoms with van der Waals surface area (Å²) in [5.74, 6) is 0.325. The lowest BCUT2D eigenvalue weighted by atomic mass is 10.2. The third-order valence-corrected chi connectivity index (χ3v) is 4.69. The van der Waals surface area contributed by atoms with Crippen LogP contribution in [0.3, 0.4) is 0 Å². The van der Waals surface area contributed by atoms with Crippen LogP contribution < -0.4 is 16.3 Å². The summed E-state index contributed by atoms with van der Waals surface area (Å²) in [6.45, 7) is 0. The maximum Gasteiger partial charge on any atom is 0.269 e. The molecule has 4 aromatic rings. The van der Waals surface area contributed by atoms with Crippen LogP contribution in [0.15, 0.2) is 88.8 Å². The number of hydrogen-bond acceptors (Lipinski definition) is 6. The van der Waals surface area contributed by atoms with Gasteiger partial charge in [0.2, 0.25) is 0 Å². The number of non-ortho nitro benzene ring substituents is 1. The summed E-state index contributed by atoms with van der Waals surface area (Å²) in [5.41, 5.74) is 4.20. The van der Waals surface area contributed by atoms with Crippen LogP contribution in [0.5, 0.6) is 0 Å². The van der Waals surface area contributed by atoms with Crippen LogP contribution in [0.25, 0.3) is 16.6 Å². The summed E-state index contributed by atoms with van der Waals surface area (Å²) in [6, 6.07) is 22.0. The lowest BCUT2D eigenvalue weighted by Crippen LogP contribution is -2.26. The van der Waals surface area contributed by atoms with Gasteiger partial charge in [-0.1, -0.05) is 30.3 Å². The largest absolute Gasteiger partial charge is 0.331 e. The minimum absolute atomic E-state index is 0.0197. The summed E-state index contributed by atoms with van der Waals surface area (Å²) in [7, 11) is 0. The molecule has 0 unspecified atom stereocenters. The van der Waals surface area contributed by atoms with Gasteiger partial charge in [0.05, 0.1) is 27.7 Å². The molecule has 32 heavy (non-hydrogen) atoms. The van der Waals surface area contributed by atoms with Crippen LogP contribution >= 0.6 is 12.2 Å². The van der Waals surface area contributed by atoms with Crippen molar-refractivity contribution < 1.29 is 4.92 Å². The van der Waals surface area contributed by atoms with Crippen LogP contribution in [-0.4, -0.2) is 25.8 Å². The van der Waals surface area contributed by atoms with Gasteiger partial charge in [0.15, 0.2) is 10.9 Å². The fraction of sp³-hybridized carbons (Fsp3) is 0. The van der Waals surface area contributed by atoms with E-state index < -0.39 is 4.92 Å². The van der Waals surface area contributed by atoms with E-state index in [2.05, 4.69) is 20.8 Å². The number of nitro groups is 1. The Labute approximate surface area is 187 Å². The molecule has 158 valence electrons. The molecule has 3 aromatic carbocycles. The first-order valence-corrected chi connectivity index (χ1v) is 9.85. The second-order valence-corrected chi connectivity index (χ2v) is 7.00. The quantitative estimate of drug-likeness (QED) is 0.209. The Hall–Kier alpha value is -4.44. The second kappa shape index (κ2) is 9.14. The first kappa shape index (κ1) is 20.8. The SMILES string of the molecule is O=c1c2ccccc2nc(/C=N/NC(=S)Nc2ccc([N+](=O)[O-])cc2)n1-c1ccccc1. The molecule has 1 heterocycles. The normalized spacial score (nSPS) is 10.9. The molecule has 0 bridgehead atoms. The minimum Gasteiger partial charge on any atom is -0.331 e. The summed E-state index contributed by atoms with van der Waals surface area (Å²) >= 11 is 5.21. The van der Waals surface area contributed by atoms with Crippen molar-refractivity contribution in [3.05, 3.63) is 105 Å². The van der Waals surface area contributed by atoms with Gasteiger partial charge in [-0.05, 0) is 48.6 Å². The molecule has 10 heteroatoms. The van der Waals surface area contributed by atoms with Gasteiger partial charge in [-0.3, -0.25) is 24.9 Å². The molecule has 0 saturated carbocycles. The van der Waals surface area contributed by atoms with Crippen molar-refractivity contribution in [2.45, 2.75) is 0 Å². The smallest absolute Gasteiger partial charge is 0.269 e. The van der Waals surface area contributed by atoms with Crippen molar-refractivity contribution in [3.8, 4) is 5.69 Å². The molecule has 1 aromatic heterocycles. The van der Waals surface area contributed by atoms with E-state index in [1.54, 1.807) is 18.2 Å². The van der Waals surface area contributed by atoms with Gasteiger partial charge >= 0.3 is 0 Å². The van der Waals surface area contributed by atoms with E-state index >= 15 is 0 Å². The Morgan fingerprint density at radius 3 is 2.44 bits per heavy atom. The Morgan fingerprint density at radius 2 is 1.72 bits per heavy atom. The van der Waals surface area contributed by atoms with E-state index in [4.69, 9.17) is 12.2 Å². The number of aromatic nitrogens is 2. The number of rotatable bonds is 5. The van der Waals surface area contributed by atoms with Crippen LogP contribution in [0.2, 0.25) is 0 Å². The van der Waals surface area contributed by atoms with Gasteiger partial charge in [0, 0.05) is 17.8 Å². The highest BCUT2D eigenvalue weighted by molar-refractivity contribution is 7.80. The number of nitrogens with zero attached hydrogens (tertiary/aromatic N) is 4. The third kappa shape index (κ3) is 4.50. The fourth-order valence-electron chi connectivity index (χ4n) is 3.04. The molecule has 0 aliphatic carbocycles. The molecule has 0 atom stereocenters. The number of benzene rings is 3. The highest BCUT2D eigenvalue weighted by Gasteiger charge is 2.11. The van der Waals surface area contributed by atoms with E-state index in [9.17, 15) is 14.9 Å². The van der Waals surface area contributed by atoms with Gasteiger partial charge < -0.3 is 5.32 Å². The number of nitro benzene ring substituents is 1. The Kier molecular flexibility index (Phi) is 5.95. The molecule has 2 N–H and O–H groups in total. The molecule has 0 fully saturated rings. The van der Waals surface area contributed by atoms with Gasteiger partial charge in [-0.15, -0.1) is 0 Å². The number of thiocarbonyl (C=S) groups is 1. The highest BCUT2D eigenvalue weighted by Crippen LogP contribution is 2.15. The number of hydrazone groups is 1. The first-order chi connectivity index (χ1) is 15.5. The number of fused-ring (bicyclic) bond motifs is 1. The molecule has 4 rings (SSSR count). The van der Waals surface area contributed by atoms with Crippen molar-refractivity contribution in [1.29, 1.82) is 0 Å². The first-order valence-electron chi connectivity index (χ1n) is 9.44.